The maximum Gasteiger partial charge on any atom is 0.339 e. The molecule has 0 bridgehead atoms. The van der Waals surface area contributed by atoms with Crippen LogP contribution in [0.2, 0.25) is 0 Å². The van der Waals surface area contributed by atoms with Crippen molar-refractivity contribution in [2.45, 2.75) is 11.8 Å². The zero-order valence-electron chi connectivity index (χ0n) is 10.8. The van der Waals surface area contributed by atoms with E-state index in [-0.39, 0.29) is 16.3 Å². The molecule has 0 aromatic heterocycles. The van der Waals surface area contributed by atoms with Crippen molar-refractivity contribution in [1.29, 1.82) is 0 Å². The van der Waals surface area contributed by atoms with Gasteiger partial charge in [-0.15, -0.1) is 0 Å². The number of hydrogen-bond acceptors (Lipinski definition) is 5. The van der Waals surface area contributed by atoms with E-state index in [1.165, 1.54) is 24.3 Å². The van der Waals surface area contributed by atoms with E-state index in [1.54, 1.807) is 19.1 Å². The molecule has 110 valence electrons. The summed E-state index contributed by atoms with van der Waals surface area (Å²) >= 11 is 3.21. The summed E-state index contributed by atoms with van der Waals surface area (Å²) in [6, 6.07) is 9.91. The lowest BCUT2D eigenvalue weighted by molar-refractivity contribution is -0.385. The standard InChI is InChI=1S/C13H10BrNO5S/c1-9-5-6-11(15(16)17)8-13(9)21(18,19)20-12-4-2-3-10(14)7-12/h2-8H,1H3. The molecule has 2 rings (SSSR count). The first-order chi connectivity index (χ1) is 9.79. The quantitative estimate of drug-likeness (QED) is 0.466. The van der Waals surface area contributed by atoms with Gasteiger partial charge in [0.05, 0.1) is 4.92 Å². The Labute approximate surface area is 129 Å². The zero-order chi connectivity index (χ0) is 15.6. The summed E-state index contributed by atoms with van der Waals surface area (Å²) in [4.78, 5) is 9.88. The fourth-order valence-corrected chi connectivity index (χ4v) is 3.21. The second-order valence-corrected chi connectivity index (χ2v) is 6.63. The molecule has 0 aliphatic heterocycles. The molecule has 0 unspecified atom stereocenters. The Morgan fingerprint density at radius 3 is 2.52 bits per heavy atom. The summed E-state index contributed by atoms with van der Waals surface area (Å²) in [5, 5.41) is 10.8. The third kappa shape index (κ3) is 3.59. The summed E-state index contributed by atoms with van der Waals surface area (Å²) < 4.78 is 30.2. The molecule has 6 nitrogen and oxygen atoms in total. The van der Waals surface area contributed by atoms with Crippen LogP contribution in [0.3, 0.4) is 0 Å². The number of benzene rings is 2. The van der Waals surface area contributed by atoms with Gasteiger partial charge in [-0.3, -0.25) is 10.1 Å². The number of nitro groups is 1. The monoisotopic (exact) mass is 371 g/mol. The molecule has 0 aliphatic carbocycles. The van der Waals surface area contributed by atoms with Crippen LogP contribution in [0.25, 0.3) is 0 Å². The van der Waals surface area contributed by atoms with E-state index in [4.69, 9.17) is 4.18 Å². The lowest BCUT2D eigenvalue weighted by Crippen LogP contribution is -2.11. The molecular weight excluding hydrogens is 362 g/mol. The first kappa shape index (κ1) is 15.5. The zero-order valence-corrected chi connectivity index (χ0v) is 13.2. The van der Waals surface area contributed by atoms with Gasteiger partial charge in [0.2, 0.25) is 0 Å². The van der Waals surface area contributed by atoms with Crippen molar-refractivity contribution in [3.05, 3.63) is 62.6 Å². The Kier molecular flexibility index (Phi) is 4.29. The van der Waals surface area contributed by atoms with Crippen LogP contribution in [0.15, 0.2) is 51.8 Å². The smallest absolute Gasteiger partial charge is 0.339 e. The second-order valence-electron chi connectivity index (χ2n) is 4.20. The minimum absolute atomic E-state index is 0.121. The molecule has 8 heteroatoms. The second kappa shape index (κ2) is 5.82. The lowest BCUT2D eigenvalue weighted by Gasteiger charge is -2.09. The summed E-state index contributed by atoms with van der Waals surface area (Å²) in [7, 11) is -4.14. The molecule has 0 saturated carbocycles. The molecule has 2 aromatic rings. The fraction of sp³-hybridized carbons (Fsp3) is 0.0769. The normalized spacial score (nSPS) is 11.1. The van der Waals surface area contributed by atoms with Gasteiger partial charge in [0.25, 0.3) is 5.69 Å². The number of aryl methyl sites for hydroxylation is 1. The molecule has 21 heavy (non-hydrogen) atoms. The van der Waals surface area contributed by atoms with Crippen LogP contribution in [0, 0.1) is 17.0 Å². The molecule has 2 aromatic carbocycles. The molecule has 0 spiro atoms. The molecule has 0 heterocycles. The van der Waals surface area contributed by atoms with Crippen LogP contribution in [0.4, 0.5) is 5.69 Å². The maximum absolute atomic E-state index is 12.2. The average Bonchev–Trinajstić information content (AvgIpc) is 2.38. The number of halogens is 1. The SMILES string of the molecule is Cc1ccc([N+](=O)[O-])cc1S(=O)(=O)Oc1cccc(Br)c1. The summed E-state index contributed by atoms with van der Waals surface area (Å²) in [5.41, 5.74) is 0.0626. The number of nitro benzene ring substituents is 1. The van der Waals surface area contributed by atoms with E-state index < -0.39 is 15.0 Å². The minimum atomic E-state index is -4.14. The van der Waals surface area contributed by atoms with Gasteiger partial charge in [-0.25, -0.2) is 0 Å². The Morgan fingerprint density at radius 2 is 1.90 bits per heavy atom. The van der Waals surface area contributed by atoms with E-state index in [9.17, 15) is 18.5 Å². The molecule has 0 N–H and O–H groups in total. The fourth-order valence-electron chi connectivity index (χ4n) is 1.66. The molecule has 0 amide bonds. The van der Waals surface area contributed by atoms with Gasteiger partial charge in [0, 0.05) is 16.6 Å². The highest BCUT2D eigenvalue weighted by atomic mass is 79.9. The van der Waals surface area contributed by atoms with Gasteiger partial charge in [0.1, 0.15) is 10.6 Å². The van der Waals surface area contributed by atoms with E-state index in [2.05, 4.69) is 15.9 Å². The number of non-ortho nitro benzene ring substituents is 1. The minimum Gasteiger partial charge on any atom is -0.379 e. The van der Waals surface area contributed by atoms with Gasteiger partial charge in [-0.05, 0) is 30.7 Å². The van der Waals surface area contributed by atoms with Crippen LogP contribution in [0.5, 0.6) is 5.75 Å². The summed E-state index contributed by atoms with van der Waals surface area (Å²) in [5.74, 6) is 0.121. The van der Waals surface area contributed by atoms with Gasteiger partial charge in [0.15, 0.2) is 0 Å². The third-order valence-corrected chi connectivity index (χ3v) is 4.54. The predicted molar refractivity (Wildman–Crippen MR) is 79.8 cm³/mol. The van der Waals surface area contributed by atoms with Gasteiger partial charge in [-0.2, -0.15) is 8.42 Å². The first-order valence-electron chi connectivity index (χ1n) is 5.75. The predicted octanol–water partition coefficient (Wildman–Crippen LogP) is 3.43. The van der Waals surface area contributed by atoms with E-state index >= 15 is 0 Å². The van der Waals surface area contributed by atoms with Crippen molar-refractivity contribution >= 4 is 31.7 Å². The van der Waals surface area contributed by atoms with Crippen molar-refractivity contribution in [3.63, 3.8) is 0 Å². The largest absolute Gasteiger partial charge is 0.379 e. The Balaban J connectivity index is 2.44. The van der Waals surface area contributed by atoms with Gasteiger partial charge < -0.3 is 4.18 Å². The molecule has 0 fully saturated rings. The van der Waals surface area contributed by atoms with Crippen molar-refractivity contribution in [2.75, 3.05) is 0 Å². The highest BCUT2D eigenvalue weighted by Gasteiger charge is 2.22. The van der Waals surface area contributed by atoms with Crippen LogP contribution in [0.1, 0.15) is 5.56 Å². The molecule has 0 aliphatic rings. The summed E-state index contributed by atoms with van der Waals surface area (Å²) in [6.45, 7) is 1.54. The van der Waals surface area contributed by atoms with Crippen LogP contribution >= 0.6 is 15.9 Å². The molecule has 0 saturated heterocycles. The highest BCUT2D eigenvalue weighted by Crippen LogP contribution is 2.26. The van der Waals surface area contributed by atoms with Crippen molar-refractivity contribution in [2.24, 2.45) is 0 Å². The Hall–Kier alpha value is -1.93. The Bertz CT molecular complexity index is 804. The molecule has 0 atom stereocenters. The van der Waals surface area contributed by atoms with E-state index in [1.807, 2.05) is 0 Å². The third-order valence-electron chi connectivity index (χ3n) is 2.65. The number of nitrogens with zero attached hydrogens (tertiary/aromatic N) is 1. The topological polar surface area (TPSA) is 86.5 Å². The van der Waals surface area contributed by atoms with E-state index in [0.717, 1.165) is 6.07 Å². The van der Waals surface area contributed by atoms with Crippen molar-refractivity contribution in [3.8, 4) is 5.75 Å². The van der Waals surface area contributed by atoms with Crippen LogP contribution < -0.4 is 4.18 Å². The molecule has 0 radical (unpaired) electrons. The lowest BCUT2D eigenvalue weighted by atomic mass is 10.2. The molecular formula is C13H10BrNO5S. The Morgan fingerprint density at radius 1 is 1.19 bits per heavy atom. The number of hydrogen-bond donors (Lipinski definition) is 0. The van der Waals surface area contributed by atoms with Crippen LogP contribution in [-0.2, 0) is 10.1 Å². The summed E-state index contributed by atoms with van der Waals surface area (Å²) in [6.07, 6.45) is 0. The highest BCUT2D eigenvalue weighted by molar-refractivity contribution is 9.10. The first-order valence-corrected chi connectivity index (χ1v) is 7.95. The van der Waals surface area contributed by atoms with Crippen molar-refractivity contribution < 1.29 is 17.5 Å². The average molecular weight is 372 g/mol. The number of rotatable bonds is 4. The maximum atomic E-state index is 12.2. The van der Waals surface area contributed by atoms with Gasteiger partial charge >= 0.3 is 10.1 Å². The van der Waals surface area contributed by atoms with Gasteiger partial charge in [-0.1, -0.05) is 28.1 Å². The van der Waals surface area contributed by atoms with Crippen molar-refractivity contribution in [1.82, 2.24) is 0 Å². The van der Waals surface area contributed by atoms with Crippen LogP contribution in [-0.4, -0.2) is 13.3 Å². The van der Waals surface area contributed by atoms with E-state index in [0.29, 0.717) is 10.0 Å².